The average Bonchev–Trinajstić information content (AvgIpc) is 3.11. The third kappa shape index (κ3) is 39.4. The van der Waals surface area contributed by atoms with Gasteiger partial charge < -0.3 is 14.2 Å². The van der Waals surface area contributed by atoms with E-state index >= 15 is 0 Å². The van der Waals surface area contributed by atoms with Crippen LogP contribution < -0.4 is 0 Å². The molecule has 0 saturated carbocycles. The third-order valence-corrected chi connectivity index (χ3v) is 9.80. The summed E-state index contributed by atoms with van der Waals surface area (Å²) in [4.78, 5) is 25.1. The van der Waals surface area contributed by atoms with E-state index in [0.29, 0.717) is 26.1 Å². The summed E-state index contributed by atoms with van der Waals surface area (Å²) in [5, 5.41) is 0. The molecule has 0 saturated heterocycles. The fourth-order valence-corrected chi connectivity index (χ4v) is 6.43. The minimum Gasteiger partial charge on any atom is -0.462 e. The van der Waals surface area contributed by atoms with Gasteiger partial charge >= 0.3 is 11.9 Å². The first-order valence-electron chi connectivity index (χ1n) is 22.2. The molecule has 1 unspecified atom stereocenters. The van der Waals surface area contributed by atoms with Gasteiger partial charge in [-0.3, -0.25) is 9.59 Å². The molecular formula is C45H86O5. The Labute approximate surface area is 312 Å². The van der Waals surface area contributed by atoms with Crippen LogP contribution in [0.25, 0.3) is 0 Å². The predicted octanol–water partition coefficient (Wildman–Crippen LogP) is 14.3. The van der Waals surface area contributed by atoms with E-state index in [1.807, 2.05) is 0 Å². The normalized spacial score (nSPS) is 12.1. The lowest BCUT2D eigenvalue weighted by Gasteiger charge is -2.18. The van der Waals surface area contributed by atoms with Gasteiger partial charge in [-0.15, -0.1) is 0 Å². The highest BCUT2D eigenvalue weighted by Gasteiger charge is 2.17. The lowest BCUT2D eigenvalue weighted by atomic mass is 10.0. The Bertz CT molecular complexity index is 720. The van der Waals surface area contributed by atoms with Gasteiger partial charge in [-0.05, 0) is 38.5 Å². The van der Waals surface area contributed by atoms with E-state index in [1.54, 1.807) is 0 Å². The highest BCUT2D eigenvalue weighted by Crippen LogP contribution is 2.15. The first kappa shape index (κ1) is 48.6. The molecule has 0 N–H and O–H groups in total. The van der Waals surface area contributed by atoms with Crippen molar-refractivity contribution in [3.05, 3.63) is 12.2 Å². The molecule has 0 aromatic rings. The number of ether oxygens (including phenoxy) is 3. The van der Waals surface area contributed by atoms with Crippen LogP contribution in [-0.4, -0.2) is 37.9 Å². The van der Waals surface area contributed by atoms with E-state index in [0.717, 1.165) is 38.5 Å². The van der Waals surface area contributed by atoms with Crippen LogP contribution in [0.4, 0.5) is 0 Å². The molecule has 0 radical (unpaired) electrons. The first-order valence-corrected chi connectivity index (χ1v) is 22.2. The molecule has 0 spiro atoms. The fraction of sp³-hybridized carbons (Fsp3) is 0.911. The number of carbonyl (C=O) groups is 2. The summed E-state index contributed by atoms with van der Waals surface area (Å²) in [6.45, 7) is 7.78. The van der Waals surface area contributed by atoms with Crippen molar-refractivity contribution < 1.29 is 23.8 Å². The third-order valence-electron chi connectivity index (χ3n) is 9.80. The quantitative estimate of drug-likeness (QED) is 0.0360. The molecule has 0 heterocycles. The molecule has 50 heavy (non-hydrogen) atoms. The fourth-order valence-electron chi connectivity index (χ4n) is 6.43. The molecule has 0 aromatic heterocycles. The lowest BCUT2D eigenvalue weighted by molar-refractivity contribution is -0.163. The maximum atomic E-state index is 12.6. The molecule has 0 rings (SSSR count). The van der Waals surface area contributed by atoms with Gasteiger partial charge in [-0.2, -0.15) is 0 Å². The van der Waals surface area contributed by atoms with Gasteiger partial charge in [-0.25, -0.2) is 0 Å². The first-order chi connectivity index (χ1) is 24.6. The van der Waals surface area contributed by atoms with E-state index in [-0.39, 0.29) is 18.5 Å². The van der Waals surface area contributed by atoms with Crippen LogP contribution in [0.2, 0.25) is 0 Å². The molecule has 5 heteroatoms. The largest absolute Gasteiger partial charge is 0.462 e. The second-order valence-corrected chi connectivity index (χ2v) is 15.0. The Morgan fingerprint density at radius 2 is 0.800 bits per heavy atom. The van der Waals surface area contributed by atoms with E-state index in [2.05, 4.69) is 32.9 Å². The van der Waals surface area contributed by atoms with Crippen LogP contribution in [0.3, 0.4) is 0 Å². The maximum absolute atomic E-state index is 12.6. The van der Waals surface area contributed by atoms with Crippen molar-refractivity contribution in [2.75, 3.05) is 19.8 Å². The van der Waals surface area contributed by atoms with Crippen molar-refractivity contribution >= 4 is 11.9 Å². The molecule has 296 valence electrons. The van der Waals surface area contributed by atoms with Crippen molar-refractivity contribution in [1.82, 2.24) is 0 Å². The molecule has 0 amide bonds. The summed E-state index contributed by atoms with van der Waals surface area (Å²) in [7, 11) is 0. The van der Waals surface area contributed by atoms with E-state index in [4.69, 9.17) is 14.2 Å². The molecule has 0 aliphatic carbocycles. The second kappa shape index (κ2) is 42.1. The minimum absolute atomic E-state index is 0.0905. The van der Waals surface area contributed by atoms with Gasteiger partial charge in [0.25, 0.3) is 0 Å². The Hall–Kier alpha value is -1.36. The zero-order chi connectivity index (χ0) is 36.4. The highest BCUT2D eigenvalue weighted by atomic mass is 16.6. The van der Waals surface area contributed by atoms with Crippen molar-refractivity contribution in [1.29, 1.82) is 0 Å². The average molecular weight is 707 g/mol. The molecule has 0 fully saturated rings. The summed E-state index contributed by atoms with van der Waals surface area (Å²) in [5.41, 5.74) is 0. The number of unbranched alkanes of at least 4 members (excludes halogenated alkanes) is 28. The second-order valence-electron chi connectivity index (χ2n) is 15.0. The lowest BCUT2D eigenvalue weighted by Crippen LogP contribution is -2.30. The maximum Gasteiger partial charge on any atom is 0.306 e. The van der Waals surface area contributed by atoms with Crippen LogP contribution in [-0.2, 0) is 23.8 Å². The van der Waals surface area contributed by atoms with Crippen molar-refractivity contribution in [2.45, 2.75) is 245 Å². The van der Waals surface area contributed by atoms with E-state index in [1.165, 1.54) is 167 Å². The molecule has 0 aromatic carbocycles. The van der Waals surface area contributed by atoms with Gasteiger partial charge in [0.2, 0.25) is 0 Å². The Balaban J connectivity index is 4.11. The van der Waals surface area contributed by atoms with Gasteiger partial charge in [0.1, 0.15) is 6.61 Å². The van der Waals surface area contributed by atoms with Gasteiger partial charge in [0, 0.05) is 19.4 Å². The van der Waals surface area contributed by atoms with Crippen molar-refractivity contribution in [3.63, 3.8) is 0 Å². The summed E-state index contributed by atoms with van der Waals surface area (Å²) in [6.07, 6.45) is 45.0. The summed E-state index contributed by atoms with van der Waals surface area (Å²) < 4.78 is 17.2. The van der Waals surface area contributed by atoms with Crippen LogP contribution in [0.5, 0.6) is 0 Å². The van der Waals surface area contributed by atoms with Crippen LogP contribution >= 0.6 is 0 Å². The molecule has 0 aliphatic heterocycles. The van der Waals surface area contributed by atoms with Crippen molar-refractivity contribution in [3.8, 4) is 0 Å². The minimum atomic E-state index is -0.526. The number of carbonyl (C=O) groups excluding carboxylic acids is 2. The summed E-state index contributed by atoms with van der Waals surface area (Å²) in [6, 6.07) is 0. The van der Waals surface area contributed by atoms with Crippen LogP contribution in [0, 0.1) is 0 Å². The molecule has 1 atom stereocenters. The smallest absolute Gasteiger partial charge is 0.306 e. The number of allylic oxidation sites excluding steroid dienone is 2. The zero-order valence-corrected chi connectivity index (χ0v) is 33.9. The number of rotatable bonds is 41. The topological polar surface area (TPSA) is 61.8 Å². The molecule has 5 nitrogen and oxygen atoms in total. The predicted molar refractivity (Wildman–Crippen MR) is 215 cm³/mol. The van der Waals surface area contributed by atoms with Gasteiger partial charge in [0.15, 0.2) is 6.10 Å². The Morgan fingerprint density at radius 3 is 1.28 bits per heavy atom. The van der Waals surface area contributed by atoms with Gasteiger partial charge in [-0.1, -0.05) is 200 Å². The SMILES string of the molecule is CCCC/C=C\CCCCCCCCOCC(COC(=O)CCCCCCCCCCCCCCCCC)OC(=O)CCCCCCCCC. The van der Waals surface area contributed by atoms with Crippen LogP contribution in [0.15, 0.2) is 12.2 Å². The Morgan fingerprint density at radius 1 is 0.420 bits per heavy atom. The molecular weight excluding hydrogens is 620 g/mol. The van der Waals surface area contributed by atoms with Crippen LogP contribution in [0.1, 0.15) is 239 Å². The zero-order valence-electron chi connectivity index (χ0n) is 33.9. The van der Waals surface area contributed by atoms with E-state index < -0.39 is 6.10 Å². The number of hydrogen-bond donors (Lipinski definition) is 0. The Kier molecular flexibility index (Phi) is 40.9. The van der Waals surface area contributed by atoms with Crippen molar-refractivity contribution in [2.24, 2.45) is 0 Å². The summed E-state index contributed by atoms with van der Waals surface area (Å²) >= 11 is 0. The summed E-state index contributed by atoms with van der Waals surface area (Å²) in [5.74, 6) is -0.393. The number of hydrogen-bond acceptors (Lipinski definition) is 5. The van der Waals surface area contributed by atoms with Gasteiger partial charge in [0.05, 0.1) is 6.61 Å². The standard InChI is InChI=1S/C45H86O5/c1-4-7-10-13-16-18-20-22-23-24-25-27-30-32-35-38-44(46)49-42-43(50-45(47)39-36-33-29-15-12-9-6-3)41-48-40-37-34-31-28-26-21-19-17-14-11-8-5-2/h14,17,43H,4-13,15-16,18-42H2,1-3H3/b17-14-. The molecule has 0 bridgehead atoms. The molecule has 0 aliphatic rings. The monoisotopic (exact) mass is 707 g/mol. The number of esters is 2. The highest BCUT2D eigenvalue weighted by molar-refractivity contribution is 5.70. The van der Waals surface area contributed by atoms with E-state index in [9.17, 15) is 9.59 Å².